The summed E-state index contributed by atoms with van der Waals surface area (Å²) in [6, 6.07) is 14.4. The van der Waals surface area contributed by atoms with E-state index < -0.39 is 0 Å². The fourth-order valence-corrected chi connectivity index (χ4v) is 1.96. The van der Waals surface area contributed by atoms with Crippen LogP contribution in [0.3, 0.4) is 0 Å². The zero-order valence-electron chi connectivity index (χ0n) is 13.0. The van der Waals surface area contributed by atoms with Gasteiger partial charge in [0.05, 0.1) is 5.56 Å². The van der Waals surface area contributed by atoms with Gasteiger partial charge >= 0.3 is 0 Å². The molecule has 114 valence electrons. The molecule has 1 amide bonds. The van der Waals surface area contributed by atoms with Gasteiger partial charge in [0.2, 0.25) is 0 Å². The Labute approximate surface area is 130 Å². The molecule has 0 saturated carbocycles. The lowest BCUT2D eigenvalue weighted by Gasteiger charge is -2.14. The number of amides is 1. The molecular weight excluding hydrogens is 278 g/mol. The van der Waals surface area contributed by atoms with Crippen LogP contribution in [0.25, 0.3) is 0 Å². The molecule has 0 N–H and O–H groups in total. The normalized spacial score (nSPS) is 10.1. The molecule has 2 aromatic carbocycles. The molecule has 0 bridgehead atoms. The summed E-state index contributed by atoms with van der Waals surface area (Å²) in [5, 5.41) is 0. The second-order valence-electron chi connectivity index (χ2n) is 5.27. The van der Waals surface area contributed by atoms with Crippen LogP contribution in [0, 0.1) is 6.92 Å². The largest absolute Gasteiger partial charge is 0.483 e. The summed E-state index contributed by atoms with van der Waals surface area (Å²) in [6.07, 6.45) is 0. The van der Waals surface area contributed by atoms with E-state index in [0.29, 0.717) is 16.9 Å². The molecule has 0 radical (unpaired) electrons. The molecule has 0 fully saturated rings. The number of hydrogen-bond donors (Lipinski definition) is 0. The van der Waals surface area contributed by atoms with Gasteiger partial charge in [-0.25, -0.2) is 0 Å². The molecule has 0 atom stereocenters. The van der Waals surface area contributed by atoms with E-state index in [1.165, 1.54) is 4.90 Å². The highest BCUT2D eigenvalue weighted by Gasteiger charge is 2.16. The first-order valence-electron chi connectivity index (χ1n) is 7.02. The Morgan fingerprint density at radius 1 is 1.05 bits per heavy atom. The minimum Gasteiger partial charge on any atom is -0.483 e. The molecule has 2 aromatic rings. The van der Waals surface area contributed by atoms with Crippen LogP contribution >= 0.6 is 0 Å². The van der Waals surface area contributed by atoms with Gasteiger partial charge in [0.15, 0.2) is 12.4 Å². The Kier molecular flexibility index (Phi) is 4.94. The first-order valence-corrected chi connectivity index (χ1v) is 7.02. The molecule has 0 spiro atoms. The summed E-state index contributed by atoms with van der Waals surface area (Å²) < 4.78 is 5.55. The number of aryl methyl sites for hydroxylation is 1. The van der Waals surface area contributed by atoms with Gasteiger partial charge in [-0.05, 0) is 19.1 Å². The lowest BCUT2D eigenvalue weighted by atomic mass is 10.0. The van der Waals surface area contributed by atoms with Crippen molar-refractivity contribution in [3.63, 3.8) is 0 Å². The number of nitrogens with zero attached hydrogens (tertiary/aromatic N) is 1. The number of hydrogen-bond acceptors (Lipinski definition) is 3. The van der Waals surface area contributed by atoms with Gasteiger partial charge in [0.25, 0.3) is 5.91 Å². The second kappa shape index (κ2) is 6.89. The number of ketones is 1. The predicted molar refractivity (Wildman–Crippen MR) is 85.2 cm³/mol. The summed E-state index contributed by atoms with van der Waals surface area (Å²) in [4.78, 5) is 25.7. The molecule has 0 saturated heterocycles. The quantitative estimate of drug-likeness (QED) is 0.797. The van der Waals surface area contributed by atoms with Crippen molar-refractivity contribution >= 4 is 11.7 Å². The highest BCUT2D eigenvalue weighted by atomic mass is 16.5. The summed E-state index contributed by atoms with van der Waals surface area (Å²) in [5.74, 6) is 0.157. The van der Waals surface area contributed by atoms with E-state index in [1.54, 1.807) is 38.4 Å². The van der Waals surface area contributed by atoms with Gasteiger partial charge in [-0.1, -0.05) is 42.0 Å². The van der Waals surface area contributed by atoms with E-state index in [9.17, 15) is 9.59 Å². The van der Waals surface area contributed by atoms with Crippen molar-refractivity contribution in [3.8, 4) is 5.75 Å². The topological polar surface area (TPSA) is 46.6 Å². The van der Waals surface area contributed by atoms with E-state index in [4.69, 9.17) is 4.74 Å². The van der Waals surface area contributed by atoms with Gasteiger partial charge < -0.3 is 9.64 Å². The SMILES string of the molecule is Cc1ccc(OCC(=O)N(C)C)c(C(=O)c2ccccc2)c1. The van der Waals surface area contributed by atoms with Crippen LogP contribution in [0.5, 0.6) is 5.75 Å². The molecule has 22 heavy (non-hydrogen) atoms. The highest BCUT2D eigenvalue weighted by Crippen LogP contribution is 2.23. The standard InChI is InChI=1S/C18H19NO3/c1-13-9-10-16(22-12-17(20)19(2)3)15(11-13)18(21)14-7-5-4-6-8-14/h4-11H,12H2,1-3H3. The molecule has 0 unspecified atom stereocenters. The molecule has 4 heteroatoms. The molecule has 0 aromatic heterocycles. The Morgan fingerprint density at radius 2 is 1.73 bits per heavy atom. The van der Waals surface area contributed by atoms with Gasteiger partial charge in [-0.3, -0.25) is 9.59 Å². The molecule has 0 aliphatic rings. The average Bonchev–Trinajstić information content (AvgIpc) is 2.53. The zero-order valence-corrected chi connectivity index (χ0v) is 13.0. The molecule has 4 nitrogen and oxygen atoms in total. The van der Waals surface area contributed by atoms with E-state index >= 15 is 0 Å². The summed E-state index contributed by atoms with van der Waals surface area (Å²) in [6.45, 7) is 1.82. The number of rotatable bonds is 5. The van der Waals surface area contributed by atoms with Crippen LogP contribution < -0.4 is 4.74 Å². The fourth-order valence-electron chi connectivity index (χ4n) is 1.96. The molecule has 0 aliphatic heterocycles. The van der Waals surface area contributed by atoms with Crippen LogP contribution in [-0.4, -0.2) is 37.3 Å². The van der Waals surface area contributed by atoms with Gasteiger partial charge in [0.1, 0.15) is 5.75 Å². The van der Waals surface area contributed by atoms with Crippen molar-refractivity contribution in [2.75, 3.05) is 20.7 Å². The van der Waals surface area contributed by atoms with E-state index in [0.717, 1.165) is 5.56 Å². The monoisotopic (exact) mass is 297 g/mol. The van der Waals surface area contributed by atoms with Crippen molar-refractivity contribution in [1.82, 2.24) is 4.90 Å². The van der Waals surface area contributed by atoms with Crippen LogP contribution in [0.4, 0.5) is 0 Å². The predicted octanol–water partition coefficient (Wildman–Crippen LogP) is 2.69. The Balaban J connectivity index is 2.28. The van der Waals surface area contributed by atoms with Gasteiger partial charge in [-0.2, -0.15) is 0 Å². The van der Waals surface area contributed by atoms with E-state index in [2.05, 4.69) is 0 Å². The van der Waals surface area contributed by atoms with Gasteiger partial charge in [-0.15, -0.1) is 0 Å². The highest BCUT2D eigenvalue weighted by molar-refractivity contribution is 6.10. The third-order valence-electron chi connectivity index (χ3n) is 3.27. The Hall–Kier alpha value is -2.62. The Morgan fingerprint density at radius 3 is 2.36 bits per heavy atom. The number of carbonyl (C=O) groups excluding carboxylic acids is 2. The zero-order chi connectivity index (χ0) is 16.1. The van der Waals surface area contributed by atoms with Gasteiger partial charge in [0, 0.05) is 19.7 Å². The van der Waals surface area contributed by atoms with Crippen LogP contribution in [0.2, 0.25) is 0 Å². The molecule has 0 heterocycles. The maximum Gasteiger partial charge on any atom is 0.259 e. The first kappa shape index (κ1) is 15.8. The molecular formula is C18H19NO3. The molecule has 0 aliphatic carbocycles. The van der Waals surface area contributed by atoms with E-state index in [-0.39, 0.29) is 18.3 Å². The average molecular weight is 297 g/mol. The smallest absolute Gasteiger partial charge is 0.259 e. The minimum absolute atomic E-state index is 0.0921. The van der Waals surface area contributed by atoms with Crippen molar-refractivity contribution in [2.45, 2.75) is 6.92 Å². The van der Waals surface area contributed by atoms with Crippen LogP contribution in [-0.2, 0) is 4.79 Å². The maximum absolute atomic E-state index is 12.6. The van der Waals surface area contributed by atoms with Crippen molar-refractivity contribution in [3.05, 3.63) is 65.2 Å². The summed E-state index contributed by atoms with van der Waals surface area (Å²) >= 11 is 0. The maximum atomic E-state index is 12.6. The summed E-state index contributed by atoms with van der Waals surface area (Å²) in [5.41, 5.74) is 2.03. The van der Waals surface area contributed by atoms with E-state index in [1.807, 2.05) is 31.2 Å². The van der Waals surface area contributed by atoms with Crippen molar-refractivity contribution in [2.24, 2.45) is 0 Å². The summed E-state index contributed by atoms with van der Waals surface area (Å²) in [7, 11) is 3.33. The molecule has 2 rings (SSSR count). The lowest BCUT2D eigenvalue weighted by molar-refractivity contribution is -0.130. The fraction of sp³-hybridized carbons (Fsp3) is 0.222. The number of likely N-dealkylation sites (N-methyl/N-ethyl adjacent to an activating group) is 1. The first-order chi connectivity index (χ1) is 10.5. The van der Waals surface area contributed by atoms with Crippen LogP contribution in [0.15, 0.2) is 48.5 Å². The third-order valence-corrected chi connectivity index (χ3v) is 3.27. The van der Waals surface area contributed by atoms with Crippen molar-refractivity contribution in [1.29, 1.82) is 0 Å². The number of ether oxygens (including phenoxy) is 1. The second-order valence-corrected chi connectivity index (χ2v) is 5.27. The Bertz CT molecular complexity index is 678. The van der Waals surface area contributed by atoms with Crippen LogP contribution in [0.1, 0.15) is 21.5 Å². The number of benzene rings is 2. The third kappa shape index (κ3) is 3.73. The number of carbonyl (C=O) groups is 2. The lowest BCUT2D eigenvalue weighted by Crippen LogP contribution is -2.27. The van der Waals surface area contributed by atoms with Crippen molar-refractivity contribution < 1.29 is 14.3 Å². The minimum atomic E-state index is -0.154.